The third-order valence-corrected chi connectivity index (χ3v) is 6.80. The van der Waals surface area contributed by atoms with Crippen LogP contribution in [0.1, 0.15) is 53.5 Å². The molecule has 9 heteroatoms. The number of rotatable bonds is 9. The molecule has 0 saturated heterocycles. The summed E-state index contributed by atoms with van der Waals surface area (Å²) in [4.78, 5) is 31.3. The molecule has 196 valence electrons. The summed E-state index contributed by atoms with van der Waals surface area (Å²) in [6, 6.07) is 17.7. The molecular weight excluding hydrogens is 548 g/mol. The topological polar surface area (TPSA) is 97.0 Å². The smallest absolute Gasteiger partial charge is 0.335 e. The third-order valence-electron chi connectivity index (χ3n) is 6.31. The summed E-state index contributed by atoms with van der Waals surface area (Å²) in [7, 11) is 3.88. The van der Waals surface area contributed by atoms with E-state index < -0.39 is 5.97 Å². The van der Waals surface area contributed by atoms with Gasteiger partial charge >= 0.3 is 5.97 Å². The molecule has 1 atom stereocenters. The average Bonchev–Trinajstić information content (AvgIpc) is 2.91. The van der Waals surface area contributed by atoms with Crippen LogP contribution in [0.3, 0.4) is 0 Å². The fourth-order valence-corrected chi connectivity index (χ4v) is 4.20. The Morgan fingerprint density at radius 2 is 1.89 bits per heavy atom. The van der Waals surface area contributed by atoms with Crippen LogP contribution < -0.4 is 15.2 Å². The Balaban J connectivity index is 1.73. The average molecular weight is 577 g/mol. The Morgan fingerprint density at radius 1 is 1.16 bits per heavy atom. The van der Waals surface area contributed by atoms with Crippen LogP contribution in [-0.2, 0) is 6.61 Å². The van der Waals surface area contributed by atoms with Crippen molar-refractivity contribution in [1.29, 1.82) is 0 Å². The molecule has 38 heavy (non-hydrogen) atoms. The highest BCUT2D eigenvalue weighted by atomic mass is 79.9. The predicted molar refractivity (Wildman–Crippen MR) is 154 cm³/mol. The first-order chi connectivity index (χ1) is 18.2. The van der Waals surface area contributed by atoms with Gasteiger partial charge in [0.15, 0.2) is 0 Å². The minimum atomic E-state index is -0.975. The third kappa shape index (κ3) is 5.94. The highest BCUT2D eigenvalue weighted by Crippen LogP contribution is 2.26. The molecule has 4 rings (SSSR count). The number of benzene rings is 3. The van der Waals surface area contributed by atoms with Gasteiger partial charge in [-0.25, -0.2) is 9.78 Å². The number of ether oxygens (including phenoxy) is 1. The monoisotopic (exact) mass is 576 g/mol. The lowest BCUT2D eigenvalue weighted by molar-refractivity contribution is 0.0697. The molecule has 3 aromatic carbocycles. The first-order valence-electron chi connectivity index (χ1n) is 12.2. The van der Waals surface area contributed by atoms with E-state index in [2.05, 4.69) is 21.0 Å². The van der Waals surface area contributed by atoms with Crippen molar-refractivity contribution >= 4 is 44.7 Å². The first-order valence-corrected chi connectivity index (χ1v) is 13.0. The van der Waals surface area contributed by atoms with E-state index in [1.165, 1.54) is 4.68 Å². The van der Waals surface area contributed by atoms with Gasteiger partial charge < -0.3 is 14.7 Å². The summed E-state index contributed by atoms with van der Waals surface area (Å²) in [5.74, 6) is 0.220. The van der Waals surface area contributed by atoms with Crippen LogP contribution in [0.25, 0.3) is 10.9 Å². The number of hydrogen-bond donors (Lipinski definition) is 1. The van der Waals surface area contributed by atoms with E-state index in [1.54, 1.807) is 36.5 Å². The van der Waals surface area contributed by atoms with Gasteiger partial charge in [0.1, 0.15) is 18.2 Å². The normalized spacial score (nSPS) is 12.1. The minimum Gasteiger partial charge on any atom is -0.488 e. The van der Waals surface area contributed by atoms with Gasteiger partial charge in [0.2, 0.25) is 0 Å². The summed E-state index contributed by atoms with van der Waals surface area (Å²) < 4.78 is 8.31. The second kappa shape index (κ2) is 11.6. The predicted octanol–water partition coefficient (Wildman–Crippen LogP) is 5.90. The Labute approximate surface area is 229 Å². The standard InChI is InChI=1S/C29H29BrN4O4/c1-5-18(2)27-32-25-13-11-22(30)14-24(25)28(35)34(27)31-16-21-10-12-23(33(3)4)15-26(21)38-17-19-6-8-20(9-7-19)29(36)37/h6-16,18H,5,17H2,1-4H3,(H,36,37)/t18-/m0/s1. The summed E-state index contributed by atoms with van der Waals surface area (Å²) in [5, 5.41) is 14.2. The quantitative estimate of drug-likeness (QED) is 0.249. The Morgan fingerprint density at radius 3 is 2.55 bits per heavy atom. The van der Waals surface area contributed by atoms with Gasteiger partial charge in [-0.3, -0.25) is 4.79 Å². The van der Waals surface area contributed by atoms with Gasteiger partial charge in [-0.15, -0.1) is 0 Å². The number of hydrogen-bond acceptors (Lipinski definition) is 6. The molecule has 0 radical (unpaired) electrons. The summed E-state index contributed by atoms with van der Waals surface area (Å²) in [6.07, 6.45) is 2.41. The van der Waals surface area contributed by atoms with Crippen LogP contribution >= 0.6 is 15.9 Å². The van der Waals surface area contributed by atoms with E-state index >= 15 is 0 Å². The number of carbonyl (C=O) groups is 1. The molecular formula is C29H29BrN4O4. The summed E-state index contributed by atoms with van der Waals surface area (Å²) in [5.41, 5.74) is 3.06. The fourth-order valence-electron chi connectivity index (χ4n) is 3.84. The molecule has 0 bridgehead atoms. The largest absolute Gasteiger partial charge is 0.488 e. The van der Waals surface area contributed by atoms with Crippen molar-refractivity contribution in [2.75, 3.05) is 19.0 Å². The maximum Gasteiger partial charge on any atom is 0.335 e. The lowest BCUT2D eigenvalue weighted by atomic mass is 10.1. The van der Waals surface area contributed by atoms with E-state index in [9.17, 15) is 9.59 Å². The molecule has 0 unspecified atom stereocenters. The summed E-state index contributed by atoms with van der Waals surface area (Å²) >= 11 is 3.44. The zero-order valence-corrected chi connectivity index (χ0v) is 23.3. The fraction of sp³-hybridized carbons (Fsp3) is 0.241. The van der Waals surface area contributed by atoms with Crippen molar-refractivity contribution in [3.05, 3.63) is 98.0 Å². The van der Waals surface area contributed by atoms with Gasteiger partial charge in [0.25, 0.3) is 5.56 Å². The van der Waals surface area contributed by atoms with Gasteiger partial charge in [-0.2, -0.15) is 9.78 Å². The first kappa shape index (κ1) is 27.1. The zero-order chi connectivity index (χ0) is 27.4. The van der Waals surface area contributed by atoms with Crippen LogP contribution in [0.4, 0.5) is 5.69 Å². The molecule has 1 heterocycles. The minimum absolute atomic E-state index is 0.0218. The second-order valence-electron chi connectivity index (χ2n) is 9.21. The number of halogens is 1. The van der Waals surface area contributed by atoms with Gasteiger partial charge in [0, 0.05) is 41.8 Å². The number of anilines is 1. The number of aromatic nitrogens is 2. The Bertz CT molecular complexity index is 1560. The maximum atomic E-state index is 13.5. The molecule has 0 fully saturated rings. The summed E-state index contributed by atoms with van der Waals surface area (Å²) in [6.45, 7) is 4.31. The highest BCUT2D eigenvalue weighted by molar-refractivity contribution is 9.10. The number of aromatic carboxylic acids is 1. The van der Waals surface area contributed by atoms with E-state index in [0.717, 1.165) is 22.1 Å². The number of fused-ring (bicyclic) bond motifs is 1. The van der Waals surface area contributed by atoms with Crippen molar-refractivity contribution in [2.45, 2.75) is 32.8 Å². The molecule has 0 spiro atoms. The molecule has 1 N–H and O–H groups in total. The second-order valence-corrected chi connectivity index (χ2v) is 10.1. The Hall–Kier alpha value is -3.98. The molecule has 0 aliphatic carbocycles. The molecule has 1 aromatic heterocycles. The van der Waals surface area contributed by atoms with Crippen molar-refractivity contribution in [1.82, 2.24) is 9.66 Å². The molecule has 0 aliphatic rings. The van der Waals surface area contributed by atoms with Crippen molar-refractivity contribution in [2.24, 2.45) is 5.10 Å². The van der Waals surface area contributed by atoms with E-state index in [1.807, 2.05) is 63.2 Å². The molecule has 4 aromatic rings. The molecule has 0 amide bonds. The lowest BCUT2D eigenvalue weighted by Gasteiger charge is -2.17. The number of carboxylic acid groups (broad SMARTS) is 1. The van der Waals surface area contributed by atoms with Crippen LogP contribution in [0.5, 0.6) is 5.75 Å². The van der Waals surface area contributed by atoms with Crippen LogP contribution in [-0.4, -0.2) is 41.0 Å². The maximum absolute atomic E-state index is 13.5. The van der Waals surface area contributed by atoms with E-state index in [0.29, 0.717) is 28.0 Å². The van der Waals surface area contributed by atoms with Crippen LogP contribution in [0.2, 0.25) is 0 Å². The van der Waals surface area contributed by atoms with Gasteiger partial charge in [0.05, 0.1) is 22.7 Å². The SMILES string of the molecule is CC[C@H](C)c1nc2ccc(Br)cc2c(=O)n1N=Cc1ccc(N(C)C)cc1OCc1ccc(C(=O)O)cc1. The van der Waals surface area contributed by atoms with Crippen LogP contribution in [0, 0.1) is 0 Å². The molecule has 0 aliphatic heterocycles. The van der Waals surface area contributed by atoms with Gasteiger partial charge in [-0.05, 0) is 54.4 Å². The Kier molecular flexibility index (Phi) is 8.26. The number of carboxylic acids is 1. The zero-order valence-electron chi connectivity index (χ0n) is 21.7. The highest BCUT2D eigenvalue weighted by Gasteiger charge is 2.16. The lowest BCUT2D eigenvalue weighted by Crippen LogP contribution is -2.23. The van der Waals surface area contributed by atoms with Crippen LogP contribution in [0.15, 0.2) is 75.0 Å². The van der Waals surface area contributed by atoms with Crippen molar-refractivity contribution in [3.8, 4) is 5.75 Å². The molecule has 0 saturated carbocycles. The van der Waals surface area contributed by atoms with Gasteiger partial charge in [-0.1, -0.05) is 41.9 Å². The van der Waals surface area contributed by atoms with Crippen molar-refractivity contribution in [3.63, 3.8) is 0 Å². The van der Waals surface area contributed by atoms with E-state index in [4.69, 9.17) is 14.8 Å². The van der Waals surface area contributed by atoms with Crippen molar-refractivity contribution < 1.29 is 14.6 Å². The van der Waals surface area contributed by atoms with E-state index in [-0.39, 0.29) is 23.6 Å². The molecule has 8 nitrogen and oxygen atoms in total. The number of nitrogens with zero attached hydrogens (tertiary/aromatic N) is 4.